The maximum Gasteiger partial charge on any atom is 0.220 e. The molecule has 24 heavy (non-hydrogen) atoms. The van der Waals surface area contributed by atoms with Gasteiger partial charge >= 0.3 is 0 Å². The van der Waals surface area contributed by atoms with E-state index in [1.807, 2.05) is 0 Å². The van der Waals surface area contributed by atoms with Crippen molar-refractivity contribution in [2.75, 3.05) is 25.0 Å². The Morgan fingerprint density at radius 2 is 1.50 bits per heavy atom. The van der Waals surface area contributed by atoms with Gasteiger partial charge in [0, 0.05) is 30.4 Å². The molecule has 0 unspecified atom stereocenters. The number of rotatable bonds is 4. The van der Waals surface area contributed by atoms with Gasteiger partial charge in [-0.3, -0.25) is 0 Å². The van der Waals surface area contributed by atoms with Gasteiger partial charge in [-0.15, -0.1) is 0 Å². The molecule has 4 rings (SSSR count). The number of anilines is 1. The van der Waals surface area contributed by atoms with E-state index in [2.05, 4.69) is 91.0 Å². The van der Waals surface area contributed by atoms with E-state index in [1.165, 1.54) is 39.0 Å². The van der Waals surface area contributed by atoms with Crippen LogP contribution in [0.3, 0.4) is 0 Å². The Balaban J connectivity index is 1.83. The second-order valence-electron chi connectivity index (χ2n) is 6.31. The molecule has 0 saturated heterocycles. The number of hydrogen-bond donors (Lipinski definition) is 0. The fraction of sp³-hybridized carbons (Fsp3) is 0.227. The van der Waals surface area contributed by atoms with Crippen LogP contribution in [0.25, 0.3) is 10.8 Å². The van der Waals surface area contributed by atoms with Crippen LogP contribution in [0.5, 0.6) is 0 Å². The smallest absolute Gasteiger partial charge is 0.220 e. The molecule has 3 aromatic rings. The van der Waals surface area contributed by atoms with Crippen molar-refractivity contribution < 1.29 is 4.58 Å². The van der Waals surface area contributed by atoms with Crippen molar-refractivity contribution in [1.82, 2.24) is 0 Å². The van der Waals surface area contributed by atoms with Crippen molar-refractivity contribution in [2.45, 2.75) is 13.8 Å². The van der Waals surface area contributed by atoms with Crippen LogP contribution in [0.2, 0.25) is 0 Å². The molecule has 1 aliphatic heterocycles. The SMILES string of the molecule is CCN(CC)c1ccc(C2=[N+](C)c3cccc4cccc2c34)cc1. The molecule has 1 heterocycles. The molecule has 0 amide bonds. The number of nitrogens with zero attached hydrogens (tertiary/aromatic N) is 2. The lowest BCUT2D eigenvalue weighted by molar-refractivity contribution is -0.399. The predicted octanol–water partition coefficient (Wildman–Crippen LogP) is 4.81. The zero-order chi connectivity index (χ0) is 16.7. The summed E-state index contributed by atoms with van der Waals surface area (Å²) in [6, 6.07) is 22.1. The third-order valence-corrected chi connectivity index (χ3v) is 5.10. The molecule has 3 aromatic carbocycles. The standard InChI is InChI=1S/C22H23N2/c1-4-24(5-2)18-14-12-17(13-15-18)22-19-10-6-8-16-9-7-11-20(21(16)19)23(22)3/h6-15H,4-5H2,1-3H3/q+1. The van der Waals surface area contributed by atoms with Crippen LogP contribution in [0.15, 0.2) is 60.7 Å². The third-order valence-electron chi connectivity index (χ3n) is 5.10. The first-order valence-electron chi connectivity index (χ1n) is 8.72. The predicted molar refractivity (Wildman–Crippen MR) is 103 cm³/mol. The van der Waals surface area contributed by atoms with E-state index in [0.717, 1.165) is 13.1 Å². The van der Waals surface area contributed by atoms with Crippen LogP contribution < -0.4 is 4.90 Å². The lowest BCUT2D eigenvalue weighted by atomic mass is 9.98. The van der Waals surface area contributed by atoms with E-state index < -0.39 is 0 Å². The highest BCUT2D eigenvalue weighted by Crippen LogP contribution is 2.36. The highest BCUT2D eigenvalue weighted by molar-refractivity contribution is 6.22. The molecular formula is C22H23N2+. The molecule has 0 saturated carbocycles. The molecule has 0 N–H and O–H groups in total. The zero-order valence-electron chi connectivity index (χ0n) is 14.6. The van der Waals surface area contributed by atoms with Crippen molar-refractivity contribution in [2.24, 2.45) is 0 Å². The normalized spacial score (nSPS) is 13.0. The fourth-order valence-corrected chi connectivity index (χ4v) is 3.87. The average Bonchev–Trinajstić information content (AvgIpc) is 2.91. The Hall–Kier alpha value is -2.61. The number of hydrogen-bond acceptors (Lipinski definition) is 1. The van der Waals surface area contributed by atoms with Crippen LogP contribution in [-0.4, -0.2) is 30.4 Å². The minimum absolute atomic E-state index is 1.04. The topological polar surface area (TPSA) is 6.25 Å². The van der Waals surface area contributed by atoms with Gasteiger partial charge in [0.15, 0.2) is 0 Å². The monoisotopic (exact) mass is 315 g/mol. The summed E-state index contributed by atoms with van der Waals surface area (Å²) < 4.78 is 2.32. The fourth-order valence-electron chi connectivity index (χ4n) is 3.87. The van der Waals surface area contributed by atoms with Crippen molar-refractivity contribution in [3.8, 4) is 0 Å². The minimum atomic E-state index is 1.04. The average molecular weight is 315 g/mol. The van der Waals surface area contributed by atoms with E-state index in [4.69, 9.17) is 0 Å². The molecule has 0 radical (unpaired) electrons. The number of benzene rings is 3. The van der Waals surface area contributed by atoms with Gasteiger partial charge in [0.2, 0.25) is 11.4 Å². The summed E-state index contributed by atoms with van der Waals surface area (Å²) in [7, 11) is 2.17. The minimum Gasteiger partial charge on any atom is -0.372 e. The molecule has 0 atom stereocenters. The zero-order valence-corrected chi connectivity index (χ0v) is 14.6. The molecule has 0 aromatic heterocycles. The van der Waals surface area contributed by atoms with Crippen molar-refractivity contribution in [1.29, 1.82) is 0 Å². The maximum atomic E-state index is 2.38. The van der Waals surface area contributed by atoms with E-state index in [-0.39, 0.29) is 0 Å². The highest BCUT2D eigenvalue weighted by atomic mass is 15.1. The Morgan fingerprint density at radius 1 is 0.833 bits per heavy atom. The molecule has 120 valence electrons. The largest absolute Gasteiger partial charge is 0.372 e. The van der Waals surface area contributed by atoms with Gasteiger partial charge in [-0.1, -0.05) is 24.3 Å². The first-order chi connectivity index (χ1) is 11.7. The molecule has 0 aliphatic carbocycles. The van der Waals surface area contributed by atoms with Crippen molar-refractivity contribution >= 4 is 27.9 Å². The van der Waals surface area contributed by atoms with Crippen molar-refractivity contribution in [3.05, 3.63) is 71.8 Å². The summed E-state index contributed by atoms with van der Waals surface area (Å²) >= 11 is 0. The molecule has 0 spiro atoms. The van der Waals surface area contributed by atoms with Gasteiger partial charge in [0.25, 0.3) is 0 Å². The Bertz CT molecular complexity index is 927. The summed E-state index contributed by atoms with van der Waals surface area (Å²) in [5, 5.41) is 2.68. The third kappa shape index (κ3) is 2.14. The van der Waals surface area contributed by atoms with Crippen molar-refractivity contribution in [3.63, 3.8) is 0 Å². The first kappa shape index (κ1) is 14.9. The van der Waals surface area contributed by atoms with E-state index in [9.17, 15) is 0 Å². The summed E-state index contributed by atoms with van der Waals surface area (Å²) in [6.07, 6.45) is 0. The molecule has 2 heteroatoms. The Kier molecular flexibility index (Phi) is 3.61. The lowest BCUT2D eigenvalue weighted by Crippen LogP contribution is -2.21. The van der Waals surface area contributed by atoms with Gasteiger partial charge < -0.3 is 4.90 Å². The van der Waals surface area contributed by atoms with Crippen LogP contribution in [0.1, 0.15) is 25.0 Å². The molecule has 0 bridgehead atoms. The van der Waals surface area contributed by atoms with E-state index in [0.29, 0.717) is 0 Å². The summed E-state index contributed by atoms with van der Waals surface area (Å²) in [5.41, 5.74) is 6.50. The van der Waals surface area contributed by atoms with E-state index in [1.54, 1.807) is 0 Å². The van der Waals surface area contributed by atoms with Crippen LogP contribution in [0, 0.1) is 0 Å². The quantitative estimate of drug-likeness (QED) is 0.626. The first-order valence-corrected chi connectivity index (χ1v) is 8.72. The summed E-state index contributed by atoms with van der Waals surface area (Å²) in [4.78, 5) is 2.38. The van der Waals surface area contributed by atoms with Gasteiger partial charge in [-0.05, 0) is 49.6 Å². The Morgan fingerprint density at radius 3 is 2.17 bits per heavy atom. The second-order valence-corrected chi connectivity index (χ2v) is 6.31. The molecule has 1 aliphatic rings. The Labute approximate surface area is 143 Å². The van der Waals surface area contributed by atoms with Crippen LogP contribution in [0.4, 0.5) is 11.4 Å². The van der Waals surface area contributed by atoms with Crippen LogP contribution in [-0.2, 0) is 0 Å². The van der Waals surface area contributed by atoms with E-state index >= 15 is 0 Å². The molecule has 0 fully saturated rings. The molecular weight excluding hydrogens is 292 g/mol. The molecule has 2 nitrogen and oxygen atoms in total. The van der Waals surface area contributed by atoms with Gasteiger partial charge in [-0.2, -0.15) is 4.58 Å². The highest BCUT2D eigenvalue weighted by Gasteiger charge is 2.30. The second kappa shape index (κ2) is 5.79. The van der Waals surface area contributed by atoms with Gasteiger partial charge in [0.05, 0.1) is 10.9 Å². The lowest BCUT2D eigenvalue weighted by Gasteiger charge is -2.20. The van der Waals surface area contributed by atoms with Gasteiger partial charge in [-0.25, -0.2) is 0 Å². The summed E-state index contributed by atoms with van der Waals surface area (Å²) in [5.74, 6) is 0. The van der Waals surface area contributed by atoms with Crippen LogP contribution >= 0.6 is 0 Å². The van der Waals surface area contributed by atoms with Gasteiger partial charge in [0.1, 0.15) is 7.05 Å². The summed E-state index contributed by atoms with van der Waals surface area (Å²) in [6.45, 7) is 6.48. The maximum absolute atomic E-state index is 2.38.